The molecule has 2 saturated carbocycles. The molecule has 0 aromatic carbocycles. The number of esters is 2. The van der Waals surface area contributed by atoms with Crippen molar-refractivity contribution in [1.29, 1.82) is 0 Å². The summed E-state index contributed by atoms with van der Waals surface area (Å²) in [5.41, 5.74) is -0.0101. The molecule has 4 nitrogen and oxygen atoms in total. The van der Waals surface area contributed by atoms with E-state index in [2.05, 4.69) is 41.5 Å². The zero-order valence-electron chi connectivity index (χ0n) is 19.3. The lowest BCUT2D eigenvalue weighted by Gasteiger charge is -2.42. The molecule has 172 valence electrons. The topological polar surface area (TPSA) is 52.6 Å². The first-order valence-electron chi connectivity index (χ1n) is 11.5. The molecule has 6 heteroatoms. The van der Waals surface area contributed by atoms with Gasteiger partial charge in [-0.3, -0.25) is 9.59 Å². The lowest BCUT2D eigenvalue weighted by molar-refractivity contribution is -0.143. The molecule has 2 heterocycles. The van der Waals surface area contributed by atoms with Crippen molar-refractivity contribution in [2.45, 2.75) is 103 Å². The highest BCUT2D eigenvalue weighted by Gasteiger charge is 2.55. The highest BCUT2D eigenvalue weighted by molar-refractivity contribution is 6.21. The van der Waals surface area contributed by atoms with Gasteiger partial charge in [0.2, 0.25) is 0 Å². The molecule has 2 saturated heterocycles. The smallest absolute Gasteiger partial charge is 0.306 e. The van der Waals surface area contributed by atoms with Crippen LogP contribution in [0.1, 0.15) is 80.1 Å². The number of carbonyl (C=O) groups excluding carboxylic acids is 2. The third-order valence-electron chi connectivity index (χ3n) is 8.19. The van der Waals surface area contributed by atoms with Crippen LogP contribution in [0.2, 0.25) is 0 Å². The van der Waals surface area contributed by atoms with Crippen molar-refractivity contribution >= 4 is 35.1 Å². The van der Waals surface area contributed by atoms with Crippen molar-refractivity contribution < 1.29 is 19.1 Å². The number of hydrogen-bond donors (Lipinski definition) is 0. The van der Waals surface area contributed by atoms with Crippen LogP contribution < -0.4 is 0 Å². The number of halogens is 2. The Bertz CT molecular complexity index is 610. The average molecular weight is 461 g/mol. The van der Waals surface area contributed by atoms with Crippen LogP contribution in [0, 0.1) is 34.5 Å². The minimum Gasteiger partial charge on any atom is -0.460 e. The molecule has 0 bridgehead atoms. The molecule has 0 aromatic heterocycles. The predicted molar refractivity (Wildman–Crippen MR) is 120 cm³/mol. The van der Waals surface area contributed by atoms with E-state index >= 15 is 0 Å². The van der Waals surface area contributed by atoms with Crippen LogP contribution in [0.5, 0.6) is 0 Å². The zero-order chi connectivity index (χ0) is 22.4. The number of ether oxygens (including phenoxy) is 2. The maximum atomic E-state index is 11.4. The molecule has 0 N–H and O–H groups in total. The number of fused-ring (bicyclic) bond motifs is 2. The summed E-state index contributed by atoms with van der Waals surface area (Å²) < 4.78 is 10.8. The van der Waals surface area contributed by atoms with Crippen LogP contribution in [0.3, 0.4) is 0 Å². The Morgan fingerprint density at radius 2 is 1.10 bits per heavy atom. The van der Waals surface area contributed by atoms with Gasteiger partial charge in [0.25, 0.3) is 0 Å². The van der Waals surface area contributed by atoms with Crippen LogP contribution in [-0.4, -0.2) is 34.9 Å². The monoisotopic (exact) mass is 460 g/mol. The Labute approximate surface area is 191 Å². The predicted octanol–water partition coefficient (Wildman–Crippen LogP) is 5.96. The Kier molecular flexibility index (Phi) is 7.10. The maximum Gasteiger partial charge on any atom is 0.306 e. The summed E-state index contributed by atoms with van der Waals surface area (Å²) in [6, 6.07) is 0. The summed E-state index contributed by atoms with van der Waals surface area (Å²) in [5.74, 6) is 1.95. The molecule has 8 atom stereocenters. The highest BCUT2D eigenvalue weighted by atomic mass is 35.5. The van der Waals surface area contributed by atoms with Gasteiger partial charge in [0.1, 0.15) is 12.2 Å². The van der Waals surface area contributed by atoms with E-state index in [-0.39, 0.29) is 45.7 Å². The van der Waals surface area contributed by atoms with Crippen LogP contribution in [-0.2, 0) is 19.1 Å². The average Bonchev–Trinajstić information content (AvgIpc) is 3.10. The Morgan fingerprint density at radius 3 is 1.40 bits per heavy atom. The number of carbonyl (C=O) groups is 2. The second-order valence-electron chi connectivity index (χ2n) is 11.3. The van der Waals surface area contributed by atoms with E-state index in [1.165, 1.54) is 0 Å². The van der Waals surface area contributed by atoms with Gasteiger partial charge in [-0.25, -0.2) is 0 Å². The van der Waals surface area contributed by atoms with E-state index in [0.29, 0.717) is 36.5 Å². The summed E-state index contributed by atoms with van der Waals surface area (Å²) >= 11 is 12.9. The van der Waals surface area contributed by atoms with Gasteiger partial charge in [0.05, 0.1) is 23.6 Å². The number of rotatable bonds is 2. The first-order chi connectivity index (χ1) is 13.9. The van der Waals surface area contributed by atoms with Crippen molar-refractivity contribution in [2.75, 3.05) is 0 Å². The maximum absolute atomic E-state index is 11.4. The van der Waals surface area contributed by atoms with Gasteiger partial charge in [-0.2, -0.15) is 0 Å². The van der Waals surface area contributed by atoms with Crippen molar-refractivity contribution in [3.8, 4) is 0 Å². The number of hydrogen-bond acceptors (Lipinski definition) is 4. The summed E-state index contributed by atoms with van der Waals surface area (Å²) in [7, 11) is 0. The summed E-state index contributed by atoms with van der Waals surface area (Å²) in [6.45, 7) is 13.0. The van der Waals surface area contributed by atoms with Crippen molar-refractivity contribution in [1.82, 2.24) is 0 Å². The molecule has 4 aliphatic rings. The molecule has 2 aliphatic heterocycles. The van der Waals surface area contributed by atoms with Crippen molar-refractivity contribution in [3.05, 3.63) is 0 Å². The van der Waals surface area contributed by atoms with Gasteiger partial charge in [0, 0.05) is 10.8 Å². The fourth-order valence-corrected chi connectivity index (χ4v) is 7.58. The second-order valence-corrected chi connectivity index (χ2v) is 12.3. The molecule has 0 unspecified atom stereocenters. The Balaban J connectivity index is 0.000000171. The molecule has 0 spiro atoms. The van der Waals surface area contributed by atoms with Gasteiger partial charge < -0.3 is 9.47 Å². The van der Waals surface area contributed by atoms with Crippen molar-refractivity contribution in [3.63, 3.8) is 0 Å². The lowest BCUT2D eigenvalue weighted by atomic mass is 9.66. The van der Waals surface area contributed by atoms with Gasteiger partial charge in [0.15, 0.2) is 0 Å². The first-order valence-corrected chi connectivity index (χ1v) is 12.4. The van der Waals surface area contributed by atoms with E-state index in [9.17, 15) is 9.59 Å². The molecule has 4 fully saturated rings. The van der Waals surface area contributed by atoms with Gasteiger partial charge in [-0.1, -0.05) is 41.5 Å². The van der Waals surface area contributed by atoms with E-state index in [4.69, 9.17) is 32.7 Å². The van der Waals surface area contributed by atoms with Crippen LogP contribution in [0.4, 0.5) is 0 Å². The fourth-order valence-electron chi connectivity index (χ4n) is 6.03. The quantitative estimate of drug-likeness (QED) is 0.376. The Hall–Kier alpha value is -0.480. The first kappa shape index (κ1) is 24.2. The van der Waals surface area contributed by atoms with E-state index in [0.717, 1.165) is 25.7 Å². The largest absolute Gasteiger partial charge is 0.460 e. The molecular formula is C24H38Cl2O4. The van der Waals surface area contributed by atoms with Gasteiger partial charge in [-0.15, -0.1) is 23.2 Å². The van der Waals surface area contributed by atoms with E-state index < -0.39 is 0 Å². The summed E-state index contributed by atoms with van der Waals surface area (Å²) in [4.78, 5) is 22.7. The van der Waals surface area contributed by atoms with E-state index in [1.807, 2.05) is 0 Å². The fraction of sp³-hybridized carbons (Fsp3) is 0.917. The minimum absolute atomic E-state index is 0.00444. The molecule has 4 rings (SSSR count). The Morgan fingerprint density at radius 1 is 0.767 bits per heavy atom. The molecule has 0 radical (unpaired) electrons. The normalized spacial score (nSPS) is 45.4. The summed E-state index contributed by atoms with van der Waals surface area (Å²) in [5, 5.41) is -0.00889. The molecule has 30 heavy (non-hydrogen) atoms. The number of alkyl halides is 2. The van der Waals surface area contributed by atoms with E-state index in [1.54, 1.807) is 0 Å². The van der Waals surface area contributed by atoms with Gasteiger partial charge in [-0.05, 0) is 49.4 Å². The molecular weight excluding hydrogens is 423 g/mol. The molecule has 0 amide bonds. The van der Waals surface area contributed by atoms with Gasteiger partial charge >= 0.3 is 11.9 Å². The zero-order valence-corrected chi connectivity index (χ0v) is 20.8. The molecule has 0 aromatic rings. The molecule has 2 aliphatic carbocycles. The minimum atomic E-state index is -0.0717. The third kappa shape index (κ3) is 4.51. The SMILES string of the molecule is CC(C)[C@@H]1CC[C@@]2(C)CC(=O)O[C@H]2[C@@H]1Cl.CC(C)[C@H]1CC[C@]2(C)CC(=O)O[C@@H]2[C@H]1Cl. The van der Waals surface area contributed by atoms with Crippen molar-refractivity contribution in [2.24, 2.45) is 34.5 Å². The highest BCUT2D eigenvalue weighted by Crippen LogP contribution is 2.51. The second kappa shape index (κ2) is 8.81. The van der Waals surface area contributed by atoms with Crippen LogP contribution in [0.15, 0.2) is 0 Å². The lowest BCUT2D eigenvalue weighted by Crippen LogP contribution is -2.45. The summed E-state index contributed by atoms with van der Waals surface area (Å²) in [6.07, 6.45) is 5.34. The standard InChI is InChI=1S/2C12H19ClO2/c2*1-7(2)8-4-5-12(3)6-9(14)15-11(12)10(8)13/h2*7-8,10-11H,4-6H2,1-3H3/t2*8-,10+,11-,12-/m10/s1. The van der Waals surface area contributed by atoms with Crippen LogP contribution in [0.25, 0.3) is 0 Å². The third-order valence-corrected chi connectivity index (χ3v) is 9.30. The van der Waals surface area contributed by atoms with Crippen LogP contribution >= 0.6 is 23.2 Å².